The van der Waals surface area contributed by atoms with E-state index in [-0.39, 0.29) is 0 Å². The van der Waals surface area contributed by atoms with Crippen LogP contribution >= 0.6 is 0 Å². The Balaban J connectivity index is 1.79. The average molecular weight is 264 g/mol. The highest BCUT2D eigenvalue weighted by atomic mass is 16.6. The fraction of sp³-hybridized carbons (Fsp3) is 0.600. The van der Waals surface area contributed by atoms with Crippen LogP contribution in [0, 0.1) is 0 Å². The average Bonchev–Trinajstić information content (AvgIpc) is 2.45. The van der Waals surface area contributed by atoms with E-state index in [2.05, 4.69) is 29.4 Å². The Morgan fingerprint density at radius 2 is 1.95 bits per heavy atom. The van der Waals surface area contributed by atoms with Crippen LogP contribution in [0.3, 0.4) is 0 Å². The quantitative estimate of drug-likeness (QED) is 0.758. The zero-order valence-corrected chi connectivity index (χ0v) is 11.9. The maximum atomic E-state index is 5.60. The summed E-state index contributed by atoms with van der Waals surface area (Å²) in [6.45, 7) is 4.59. The van der Waals surface area contributed by atoms with Crippen molar-refractivity contribution in [3.8, 4) is 11.5 Å². The molecule has 0 saturated carbocycles. The van der Waals surface area contributed by atoms with Gasteiger partial charge in [-0.05, 0) is 57.7 Å². The molecule has 0 bridgehead atoms. The lowest BCUT2D eigenvalue weighted by molar-refractivity contribution is 0.171. The Morgan fingerprint density at radius 3 is 2.74 bits per heavy atom. The van der Waals surface area contributed by atoms with Gasteiger partial charge in [0.1, 0.15) is 13.2 Å². The van der Waals surface area contributed by atoms with Crippen LogP contribution in [0.1, 0.15) is 12.0 Å². The van der Waals surface area contributed by atoms with Gasteiger partial charge in [-0.3, -0.25) is 0 Å². The minimum atomic E-state index is 0.653. The highest BCUT2D eigenvalue weighted by Crippen LogP contribution is 2.30. The second-order valence-electron chi connectivity index (χ2n) is 4.99. The van der Waals surface area contributed by atoms with Crippen molar-refractivity contribution in [1.29, 1.82) is 0 Å². The normalized spacial score (nSPS) is 13.8. The molecule has 2 rings (SSSR count). The van der Waals surface area contributed by atoms with E-state index in [0.29, 0.717) is 13.2 Å². The zero-order chi connectivity index (χ0) is 13.5. The van der Waals surface area contributed by atoms with E-state index in [0.717, 1.165) is 37.6 Å². The first-order valence-electron chi connectivity index (χ1n) is 7.01. The topological polar surface area (TPSA) is 33.7 Å². The second kappa shape index (κ2) is 7.36. The van der Waals surface area contributed by atoms with Crippen LogP contribution in [0.25, 0.3) is 0 Å². The number of nitrogens with one attached hydrogen (secondary N) is 1. The maximum absolute atomic E-state index is 5.60. The van der Waals surface area contributed by atoms with Crippen molar-refractivity contribution < 1.29 is 9.47 Å². The Bertz CT molecular complexity index is 396. The van der Waals surface area contributed by atoms with Crippen LogP contribution in [-0.4, -0.2) is 51.8 Å². The van der Waals surface area contributed by atoms with Gasteiger partial charge in [-0.2, -0.15) is 0 Å². The van der Waals surface area contributed by atoms with E-state index in [1.165, 1.54) is 12.0 Å². The van der Waals surface area contributed by atoms with Crippen molar-refractivity contribution in [2.24, 2.45) is 0 Å². The molecule has 1 N–H and O–H groups in total. The van der Waals surface area contributed by atoms with Crippen molar-refractivity contribution in [2.75, 3.05) is 46.9 Å². The van der Waals surface area contributed by atoms with Gasteiger partial charge in [0, 0.05) is 6.54 Å². The molecule has 0 spiro atoms. The molecule has 0 radical (unpaired) electrons. The van der Waals surface area contributed by atoms with Gasteiger partial charge < -0.3 is 19.7 Å². The first-order valence-corrected chi connectivity index (χ1v) is 7.01. The number of nitrogens with zero attached hydrogens (tertiary/aromatic N) is 1. The van der Waals surface area contributed by atoms with E-state index in [9.17, 15) is 0 Å². The Hall–Kier alpha value is -1.26. The molecular formula is C15H24N2O2. The van der Waals surface area contributed by atoms with Crippen molar-refractivity contribution in [2.45, 2.75) is 12.8 Å². The third-order valence-corrected chi connectivity index (χ3v) is 3.36. The minimum absolute atomic E-state index is 0.653. The molecule has 0 unspecified atom stereocenters. The van der Waals surface area contributed by atoms with Crippen LogP contribution in [0.5, 0.6) is 11.5 Å². The standard InChI is InChI=1S/C15H24N2O2/c1-16-7-3-8-17(2)9-6-13-4-5-14-15(12-13)19-11-10-18-14/h4-5,12,16H,3,6-11H2,1-2H3. The van der Waals surface area contributed by atoms with E-state index in [1.54, 1.807) is 0 Å². The van der Waals surface area contributed by atoms with E-state index in [1.807, 2.05) is 13.1 Å². The SMILES string of the molecule is CNCCCN(C)CCc1ccc2c(c1)OCCO2. The van der Waals surface area contributed by atoms with Crippen LogP contribution < -0.4 is 14.8 Å². The molecule has 106 valence electrons. The fourth-order valence-electron chi connectivity index (χ4n) is 2.20. The predicted molar refractivity (Wildman–Crippen MR) is 77.2 cm³/mol. The third kappa shape index (κ3) is 4.40. The molecule has 4 nitrogen and oxygen atoms in total. The Labute approximate surface area is 115 Å². The van der Waals surface area contributed by atoms with Crippen molar-refractivity contribution in [1.82, 2.24) is 10.2 Å². The van der Waals surface area contributed by atoms with Crippen LogP contribution in [0.2, 0.25) is 0 Å². The molecule has 0 aromatic heterocycles. The van der Waals surface area contributed by atoms with Gasteiger partial charge in [0.25, 0.3) is 0 Å². The van der Waals surface area contributed by atoms with Gasteiger partial charge in [-0.15, -0.1) is 0 Å². The highest BCUT2D eigenvalue weighted by molar-refractivity contribution is 5.43. The van der Waals surface area contributed by atoms with Crippen LogP contribution in [0.15, 0.2) is 18.2 Å². The Morgan fingerprint density at radius 1 is 1.16 bits per heavy atom. The van der Waals surface area contributed by atoms with Crippen LogP contribution in [-0.2, 0) is 6.42 Å². The molecular weight excluding hydrogens is 240 g/mol. The molecule has 19 heavy (non-hydrogen) atoms. The smallest absolute Gasteiger partial charge is 0.161 e. The number of rotatable bonds is 7. The molecule has 1 aliphatic heterocycles. The summed E-state index contributed by atoms with van der Waals surface area (Å²) < 4.78 is 11.1. The monoisotopic (exact) mass is 264 g/mol. The summed E-state index contributed by atoms with van der Waals surface area (Å²) in [7, 11) is 4.17. The molecule has 0 amide bonds. The molecule has 1 aromatic rings. The molecule has 4 heteroatoms. The van der Waals surface area contributed by atoms with Gasteiger partial charge in [0.15, 0.2) is 11.5 Å². The summed E-state index contributed by atoms with van der Waals surface area (Å²) in [6.07, 6.45) is 2.24. The van der Waals surface area contributed by atoms with E-state index >= 15 is 0 Å². The third-order valence-electron chi connectivity index (χ3n) is 3.36. The maximum Gasteiger partial charge on any atom is 0.161 e. The summed E-state index contributed by atoms with van der Waals surface area (Å²) in [4.78, 5) is 2.37. The number of likely N-dealkylation sites (N-methyl/N-ethyl adjacent to an activating group) is 1. The summed E-state index contributed by atoms with van der Waals surface area (Å²) in [6, 6.07) is 6.26. The first-order chi connectivity index (χ1) is 9.29. The zero-order valence-electron chi connectivity index (χ0n) is 11.9. The van der Waals surface area contributed by atoms with Gasteiger partial charge in [0.05, 0.1) is 0 Å². The largest absolute Gasteiger partial charge is 0.486 e. The van der Waals surface area contributed by atoms with Crippen molar-refractivity contribution in [3.05, 3.63) is 23.8 Å². The van der Waals surface area contributed by atoms with Gasteiger partial charge in [-0.1, -0.05) is 6.07 Å². The summed E-state index contributed by atoms with van der Waals surface area (Å²) in [5.41, 5.74) is 1.31. The number of hydrogen-bond acceptors (Lipinski definition) is 4. The molecule has 1 aliphatic rings. The van der Waals surface area contributed by atoms with Crippen molar-refractivity contribution in [3.63, 3.8) is 0 Å². The summed E-state index contributed by atoms with van der Waals surface area (Å²) >= 11 is 0. The number of hydrogen-bond donors (Lipinski definition) is 1. The predicted octanol–water partition coefficient (Wildman–Crippen LogP) is 1.54. The summed E-state index contributed by atoms with van der Waals surface area (Å²) in [5, 5.41) is 3.17. The van der Waals surface area contributed by atoms with E-state index < -0.39 is 0 Å². The summed E-state index contributed by atoms with van der Waals surface area (Å²) in [5.74, 6) is 1.76. The first kappa shape index (κ1) is 14.2. The fourth-order valence-corrected chi connectivity index (χ4v) is 2.20. The lowest BCUT2D eigenvalue weighted by Crippen LogP contribution is -2.25. The Kier molecular flexibility index (Phi) is 5.48. The van der Waals surface area contributed by atoms with Crippen LogP contribution in [0.4, 0.5) is 0 Å². The molecule has 0 saturated heterocycles. The van der Waals surface area contributed by atoms with E-state index in [4.69, 9.17) is 9.47 Å². The second-order valence-corrected chi connectivity index (χ2v) is 4.99. The minimum Gasteiger partial charge on any atom is -0.486 e. The highest BCUT2D eigenvalue weighted by Gasteiger charge is 2.11. The number of ether oxygens (including phenoxy) is 2. The van der Waals surface area contributed by atoms with Gasteiger partial charge >= 0.3 is 0 Å². The molecule has 0 atom stereocenters. The lowest BCUT2D eigenvalue weighted by Gasteiger charge is -2.20. The molecule has 1 aromatic carbocycles. The van der Waals surface area contributed by atoms with Crippen molar-refractivity contribution >= 4 is 0 Å². The molecule has 1 heterocycles. The van der Waals surface area contributed by atoms with Gasteiger partial charge in [0.2, 0.25) is 0 Å². The number of benzene rings is 1. The molecule has 0 aliphatic carbocycles. The number of fused-ring (bicyclic) bond motifs is 1. The molecule has 0 fully saturated rings. The van der Waals surface area contributed by atoms with Gasteiger partial charge in [-0.25, -0.2) is 0 Å². The lowest BCUT2D eigenvalue weighted by atomic mass is 10.1.